The molecule has 1 saturated heterocycles. The number of alkyl halides is 3. The molecule has 1 aliphatic heterocycles. The van der Waals surface area contributed by atoms with E-state index in [4.69, 9.17) is 16.3 Å². The van der Waals surface area contributed by atoms with Crippen molar-refractivity contribution in [2.24, 2.45) is 0 Å². The second-order valence-corrected chi connectivity index (χ2v) is 10.6. The van der Waals surface area contributed by atoms with Crippen LogP contribution in [0.5, 0.6) is 0 Å². The molecule has 1 atom stereocenters. The van der Waals surface area contributed by atoms with Crippen molar-refractivity contribution in [3.05, 3.63) is 45.9 Å². The molecule has 208 valence electrons. The van der Waals surface area contributed by atoms with E-state index in [-0.39, 0.29) is 4.83 Å². The number of thiazole rings is 1. The Hall–Kier alpha value is -3.59. The van der Waals surface area contributed by atoms with E-state index in [0.717, 1.165) is 36.0 Å². The van der Waals surface area contributed by atoms with Crippen LogP contribution in [0, 0.1) is 11.6 Å². The van der Waals surface area contributed by atoms with Crippen molar-refractivity contribution in [1.29, 1.82) is 0 Å². The van der Waals surface area contributed by atoms with Gasteiger partial charge in [-0.25, -0.2) is 33.2 Å². The summed E-state index contributed by atoms with van der Waals surface area (Å²) in [7, 11) is 1.09. The van der Waals surface area contributed by atoms with Crippen LogP contribution in [-0.2, 0) is 15.7 Å². The van der Waals surface area contributed by atoms with Crippen LogP contribution in [0.2, 0.25) is 5.02 Å². The highest BCUT2D eigenvalue weighted by molar-refractivity contribution is 7.16. The summed E-state index contributed by atoms with van der Waals surface area (Å²) in [6.07, 6.45) is -6.07. The molecule has 0 radical (unpaired) electrons. The molecule has 1 aromatic carbocycles. The number of ether oxygens (including phenoxy) is 1. The summed E-state index contributed by atoms with van der Waals surface area (Å²) in [4.78, 5) is 49.2. The van der Waals surface area contributed by atoms with Crippen LogP contribution >= 0.6 is 22.9 Å². The zero-order valence-electron chi connectivity index (χ0n) is 20.6. The number of anilines is 2. The van der Waals surface area contributed by atoms with Crippen LogP contribution < -0.4 is 9.80 Å². The zero-order chi connectivity index (χ0) is 29.0. The molecule has 4 rings (SSSR count). The van der Waals surface area contributed by atoms with E-state index < -0.39 is 81.6 Å². The van der Waals surface area contributed by atoms with Gasteiger partial charge in [-0.05, 0) is 39.0 Å². The Morgan fingerprint density at radius 2 is 1.87 bits per heavy atom. The van der Waals surface area contributed by atoms with Gasteiger partial charge < -0.3 is 9.64 Å². The van der Waals surface area contributed by atoms with E-state index in [1.165, 1.54) is 20.8 Å². The lowest BCUT2D eigenvalue weighted by molar-refractivity contribution is -0.136. The van der Waals surface area contributed by atoms with Crippen LogP contribution in [-0.4, -0.2) is 58.1 Å². The van der Waals surface area contributed by atoms with Crippen molar-refractivity contribution in [2.45, 2.75) is 38.6 Å². The maximum Gasteiger partial charge on any atom is 0.418 e. The average Bonchev–Trinajstić information content (AvgIpc) is 3.43. The third-order valence-corrected chi connectivity index (χ3v) is 6.62. The second-order valence-electron chi connectivity index (χ2n) is 9.38. The predicted molar refractivity (Wildman–Crippen MR) is 132 cm³/mol. The van der Waals surface area contributed by atoms with Crippen molar-refractivity contribution in [3.63, 3.8) is 0 Å². The number of carbonyl (C=O) groups excluding carboxylic acids is 3. The maximum atomic E-state index is 14.7. The number of imide groups is 1. The van der Waals surface area contributed by atoms with Gasteiger partial charge in [0.25, 0.3) is 5.91 Å². The van der Waals surface area contributed by atoms with Crippen LogP contribution in [0.15, 0.2) is 23.7 Å². The first-order valence-electron chi connectivity index (χ1n) is 11.1. The molecule has 1 fully saturated rings. The molecular formula is C23H19ClF5N5O4S. The summed E-state index contributed by atoms with van der Waals surface area (Å²) < 4.78 is 75.2. The lowest BCUT2D eigenvalue weighted by atomic mass is 10.2. The maximum absolute atomic E-state index is 14.7. The molecule has 0 N–H and O–H groups in total. The first kappa shape index (κ1) is 28.4. The number of aromatic nitrogens is 2. The Kier molecular flexibility index (Phi) is 7.19. The molecule has 0 saturated carbocycles. The fourth-order valence-electron chi connectivity index (χ4n) is 3.81. The molecule has 1 unspecified atom stereocenters. The van der Waals surface area contributed by atoms with Crippen molar-refractivity contribution in [2.75, 3.05) is 23.4 Å². The number of likely N-dealkylation sites (N-methyl/N-ethyl adjacent to an activating group) is 1. The van der Waals surface area contributed by atoms with Gasteiger partial charge in [-0.15, -0.1) is 11.3 Å². The van der Waals surface area contributed by atoms with E-state index in [1.54, 1.807) is 0 Å². The summed E-state index contributed by atoms with van der Waals surface area (Å²) in [6.45, 7) is 3.90. The number of hydrogen-bond acceptors (Lipinski definition) is 7. The van der Waals surface area contributed by atoms with Crippen LogP contribution in [0.1, 0.15) is 26.3 Å². The summed E-state index contributed by atoms with van der Waals surface area (Å²) in [5.41, 5.74) is -2.08. The summed E-state index contributed by atoms with van der Waals surface area (Å²) in [5.74, 6) is -4.00. The van der Waals surface area contributed by atoms with Crippen molar-refractivity contribution in [1.82, 2.24) is 14.9 Å². The average molecular weight is 592 g/mol. The molecule has 1 aliphatic rings. The summed E-state index contributed by atoms with van der Waals surface area (Å²) in [6, 6.07) is -0.599. The van der Waals surface area contributed by atoms with E-state index in [9.17, 15) is 36.3 Å². The van der Waals surface area contributed by atoms with Crippen LogP contribution in [0.25, 0.3) is 10.3 Å². The number of fused-ring (bicyclic) bond motifs is 1. The minimum atomic E-state index is -4.90. The predicted octanol–water partition coefficient (Wildman–Crippen LogP) is 5.85. The highest BCUT2D eigenvalue weighted by Crippen LogP contribution is 2.39. The SMILES string of the molecule is CN(C(=O)C1CN(C(=O)OC(C)(C)C)C(=O)N1c1cc(C(F)(F)F)c2ncsc2n1)c1ccc(F)c(Cl)c1F. The molecule has 4 amide bonds. The Bertz CT molecular complexity index is 1490. The van der Waals surface area contributed by atoms with Gasteiger partial charge in [0.2, 0.25) is 0 Å². The lowest BCUT2D eigenvalue weighted by Crippen LogP contribution is -2.47. The van der Waals surface area contributed by atoms with E-state index in [0.29, 0.717) is 20.8 Å². The number of urea groups is 1. The van der Waals surface area contributed by atoms with Crippen molar-refractivity contribution in [3.8, 4) is 0 Å². The third-order valence-electron chi connectivity index (χ3n) is 5.56. The largest absolute Gasteiger partial charge is 0.443 e. The van der Waals surface area contributed by atoms with Crippen LogP contribution in [0.3, 0.4) is 0 Å². The second kappa shape index (κ2) is 9.86. The van der Waals surface area contributed by atoms with Crippen LogP contribution in [0.4, 0.5) is 43.0 Å². The standard InChI is InChI=1S/C23H19ClF5N5O4S/c1-22(2,3)38-21(37)33-8-13(19(35)32(4)12-6-5-11(25)15(24)16(12)26)34(20(33)36)14-7-10(23(27,28)29)17-18(31-14)39-9-30-17/h5-7,9,13H,8H2,1-4H3. The number of carbonyl (C=O) groups is 3. The molecule has 3 heterocycles. The van der Waals surface area contributed by atoms with Gasteiger partial charge in [0.05, 0.1) is 23.3 Å². The molecule has 39 heavy (non-hydrogen) atoms. The number of benzene rings is 1. The minimum absolute atomic E-state index is 0.181. The smallest absolute Gasteiger partial charge is 0.418 e. The third kappa shape index (κ3) is 5.32. The fraction of sp³-hybridized carbons (Fsp3) is 0.348. The molecule has 9 nitrogen and oxygen atoms in total. The Balaban J connectivity index is 1.83. The van der Waals surface area contributed by atoms with Gasteiger partial charge in [-0.3, -0.25) is 9.69 Å². The van der Waals surface area contributed by atoms with Crippen molar-refractivity contribution < 1.29 is 41.1 Å². The number of halogens is 6. The Morgan fingerprint density at radius 3 is 2.49 bits per heavy atom. The van der Waals surface area contributed by atoms with Gasteiger partial charge in [-0.2, -0.15) is 13.2 Å². The fourth-order valence-corrected chi connectivity index (χ4v) is 4.64. The monoisotopic (exact) mass is 591 g/mol. The van der Waals surface area contributed by atoms with Gasteiger partial charge in [0.1, 0.15) is 38.6 Å². The zero-order valence-corrected chi connectivity index (χ0v) is 22.2. The van der Waals surface area contributed by atoms with Gasteiger partial charge in [-0.1, -0.05) is 11.6 Å². The molecule has 2 aromatic heterocycles. The van der Waals surface area contributed by atoms with Gasteiger partial charge >= 0.3 is 18.3 Å². The topological polar surface area (TPSA) is 95.9 Å². The Morgan fingerprint density at radius 1 is 1.21 bits per heavy atom. The van der Waals surface area contributed by atoms with E-state index in [2.05, 4.69) is 9.97 Å². The number of rotatable bonds is 3. The summed E-state index contributed by atoms with van der Waals surface area (Å²) >= 11 is 6.39. The van der Waals surface area contributed by atoms with E-state index in [1.807, 2.05) is 0 Å². The van der Waals surface area contributed by atoms with Gasteiger partial charge in [0.15, 0.2) is 5.82 Å². The molecule has 0 spiro atoms. The molecule has 0 aliphatic carbocycles. The molecular weight excluding hydrogens is 573 g/mol. The summed E-state index contributed by atoms with van der Waals surface area (Å²) in [5, 5.41) is -0.894. The number of hydrogen-bond donors (Lipinski definition) is 0. The minimum Gasteiger partial charge on any atom is -0.443 e. The van der Waals surface area contributed by atoms with Crippen molar-refractivity contribution >= 4 is 62.8 Å². The highest BCUT2D eigenvalue weighted by atomic mass is 35.5. The lowest BCUT2D eigenvalue weighted by Gasteiger charge is -2.27. The normalized spacial score (nSPS) is 16.3. The molecule has 16 heteroatoms. The number of pyridine rings is 1. The number of amides is 4. The number of nitrogens with zero attached hydrogens (tertiary/aromatic N) is 5. The highest BCUT2D eigenvalue weighted by Gasteiger charge is 2.49. The first-order valence-corrected chi connectivity index (χ1v) is 12.3. The quantitative estimate of drug-likeness (QED) is 0.280. The molecule has 3 aromatic rings. The Labute approximate surface area is 226 Å². The first-order chi connectivity index (χ1) is 18.0. The van der Waals surface area contributed by atoms with E-state index >= 15 is 0 Å². The molecule has 0 bridgehead atoms. The van der Waals surface area contributed by atoms with Gasteiger partial charge in [0, 0.05) is 7.05 Å².